The first-order valence-corrected chi connectivity index (χ1v) is 47.3. The van der Waals surface area contributed by atoms with Crippen molar-refractivity contribution in [2.45, 2.75) is 0 Å². The minimum absolute atomic E-state index is 0.169. The van der Waals surface area contributed by atoms with Crippen LogP contribution in [0.2, 0.25) is 0 Å². The molecule has 28 aromatic carbocycles. The van der Waals surface area contributed by atoms with Crippen molar-refractivity contribution in [1.82, 2.24) is 0 Å². The molecule has 0 aliphatic heterocycles. The maximum atomic E-state index is 9.49. The summed E-state index contributed by atoms with van der Waals surface area (Å²) >= 11 is 0. The van der Waals surface area contributed by atoms with Gasteiger partial charge in [0.15, 0.2) is 0 Å². The van der Waals surface area contributed by atoms with E-state index in [1.165, 1.54) is 0 Å². The van der Waals surface area contributed by atoms with E-state index in [2.05, 4.69) is 60.7 Å². The van der Waals surface area contributed by atoms with Crippen LogP contribution in [0.15, 0.2) is 522 Å². The minimum Gasteiger partial charge on any atom is -0.456 e. The summed E-state index contributed by atoms with van der Waals surface area (Å²) in [6.07, 6.45) is 0. The van der Waals surface area contributed by atoms with Gasteiger partial charge in [-0.2, -0.15) is 0 Å². The van der Waals surface area contributed by atoms with Crippen LogP contribution in [0, 0.1) is 0 Å². The Morgan fingerprint density at radius 1 is 0.126 bits per heavy atom. The highest BCUT2D eigenvalue weighted by Crippen LogP contribution is 2.53. The van der Waals surface area contributed by atoms with Crippen LogP contribution in [0.25, 0.3) is 306 Å². The summed E-state index contributed by atoms with van der Waals surface area (Å²) in [5.74, 6) is 0. The molecular weight excluding hydrogens is 1730 g/mol. The first-order chi connectivity index (χ1) is 80.9. The Balaban J connectivity index is 0.000000114. The molecule has 0 aliphatic rings. The minimum atomic E-state index is -0.438. The monoisotopic (exact) mass is 1840 g/mol. The Morgan fingerprint density at radius 2 is 0.371 bits per heavy atom. The Bertz CT molecular complexity index is 12100. The molecule has 0 N–H and O–H groups in total. The summed E-state index contributed by atoms with van der Waals surface area (Å²) in [6.45, 7) is 0. The van der Waals surface area contributed by atoms with Gasteiger partial charge in [0.1, 0.15) is 33.5 Å². The largest absolute Gasteiger partial charge is 0.456 e. The molecule has 3 nitrogen and oxygen atoms in total. The van der Waals surface area contributed by atoms with Crippen molar-refractivity contribution in [2.24, 2.45) is 0 Å². The molecule has 31 rings (SSSR count). The van der Waals surface area contributed by atoms with Crippen LogP contribution in [0.1, 0.15) is 32.9 Å². The average Bonchev–Trinajstić information content (AvgIpc) is 1.25. The molecule has 0 saturated carbocycles. The SMILES string of the molecule is [2H]c1c([2H])c([2H])c2c(-c3ccc4oc5ccc6ccccc6c5c4c3)c3c([2H])c([2H])c([2H])c([2H])c3c(-c3ccc(-c4ccc5ccccc5c4)cc3)c2c1[2H].[2H]c1c([2H])c([2H])c2c(-c3ccc4oc5ccc6ccccc6c5c4c3)c3c([2H])c([2H])c([2H])c([2H])c3c(-c3cccc(-c4cccc5ccc6ccccc6c45)c3)c2c1[2H].[2H]c1c([2H])c([2H])c2c(-c3cccc4ccc5ccccc5c34)c3c([2H])c([2H])c([2H])c([2H])c3c(-c3ccc4oc5ccc6ccccc6c5c4c3)c2c1[2H]. The van der Waals surface area contributed by atoms with Crippen LogP contribution in [-0.2, 0) is 0 Å². The number of benzene rings is 28. The Labute approximate surface area is 856 Å². The summed E-state index contributed by atoms with van der Waals surface area (Å²) in [5.41, 5.74) is 12.8. The standard InChI is InChI=1S/C50H30O.C46H28O.C44H26O/c1-3-16-37-31(11-1)23-24-33-13-10-22-39(47(33)37)34-14-9-15-35(29-34)48-40-18-5-7-20-42(40)49(43-21-8-6-19-41(43)48)36-26-27-45-44(30-36)50-38-17-4-2-12-32(38)25-28-46(50)51-45;1-2-11-33-27-34(22-19-29(33)9-1)30-17-20-32(21-18-30)44-37-13-5-7-15-39(37)45(40-16-8-6-14-38(40)44)35-24-25-42-41(28-35)46-36-12-4-3-10-31(36)23-26-43(46)47-42;1-3-13-31-27(10-1)20-21-29-12-9-19-37(41(29)31)43-35-17-7-5-15-33(35)42(34-16-6-8-18-36(34)43)30-23-24-39-38(26-30)44-32-14-4-2-11-28(32)22-25-40(44)45-39/h1-30H;1-28H;1-26H/i5D,6D,7D,8D,18D,19D,20D,21D;5D,6D,7D,8D,13D,14D,15D,16D;5D,6D,7D,8D,15D,16D,17D,18D. The second kappa shape index (κ2) is 33.0. The fourth-order valence-corrected chi connectivity index (χ4v) is 22.3. The van der Waals surface area contributed by atoms with E-state index >= 15 is 0 Å². The molecule has 0 radical (unpaired) electrons. The van der Waals surface area contributed by atoms with Gasteiger partial charge in [0.05, 0.1) is 32.9 Å². The lowest BCUT2D eigenvalue weighted by molar-refractivity contribution is 0.669. The van der Waals surface area contributed by atoms with Crippen LogP contribution in [0.4, 0.5) is 0 Å². The zero-order chi connectivity index (χ0) is 115. The molecular formula is C140H84O3. The van der Waals surface area contributed by atoms with E-state index in [-0.39, 0.29) is 137 Å². The van der Waals surface area contributed by atoms with Gasteiger partial charge in [-0.05, 0) is 307 Å². The second-order valence-corrected chi connectivity index (χ2v) is 36.3. The summed E-state index contributed by atoms with van der Waals surface area (Å²) < 4.78 is 238. The van der Waals surface area contributed by atoms with Gasteiger partial charge >= 0.3 is 0 Å². The van der Waals surface area contributed by atoms with Gasteiger partial charge in [0.25, 0.3) is 0 Å². The molecule has 0 saturated heterocycles. The summed E-state index contributed by atoms with van der Waals surface area (Å²) in [7, 11) is 0. The molecule has 0 unspecified atom stereocenters. The fourth-order valence-electron chi connectivity index (χ4n) is 22.3. The van der Waals surface area contributed by atoms with Crippen LogP contribution < -0.4 is 0 Å². The smallest absolute Gasteiger partial charge is 0.136 e. The van der Waals surface area contributed by atoms with Gasteiger partial charge in [0.2, 0.25) is 0 Å². The fraction of sp³-hybridized carbons (Fsp3) is 0. The normalized spacial score (nSPS) is 14.3. The highest BCUT2D eigenvalue weighted by molar-refractivity contribution is 6.31. The summed E-state index contributed by atoms with van der Waals surface area (Å²) in [6, 6.07) is 109. The molecule has 0 fully saturated rings. The van der Waals surface area contributed by atoms with Crippen molar-refractivity contribution < 1.29 is 46.1 Å². The van der Waals surface area contributed by atoms with Crippen molar-refractivity contribution in [3.63, 3.8) is 0 Å². The lowest BCUT2D eigenvalue weighted by Gasteiger charge is -2.19. The quantitative estimate of drug-likeness (QED) is 0.112. The molecule has 0 amide bonds. The van der Waals surface area contributed by atoms with E-state index in [1.807, 2.05) is 285 Å². The highest BCUT2D eigenvalue weighted by Gasteiger charge is 2.26. The Morgan fingerprint density at radius 3 is 0.748 bits per heavy atom. The van der Waals surface area contributed by atoms with Gasteiger partial charge in [-0.15, -0.1) is 0 Å². The molecule has 0 spiro atoms. The van der Waals surface area contributed by atoms with Gasteiger partial charge < -0.3 is 13.3 Å². The van der Waals surface area contributed by atoms with Gasteiger partial charge in [0, 0.05) is 32.3 Å². The van der Waals surface area contributed by atoms with E-state index in [4.69, 9.17) is 29.7 Å². The van der Waals surface area contributed by atoms with Crippen molar-refractivity contribution in [3.05, 3.63) is 509 Å². The maximum absolute atomic E-state index is 9.49. The Hall–Kier alpha value is -18.8. The third-order valence-corrected chi connectivity index (χ3v) is 28.6. The van der Waals surface area contributed by atoms with E-state index in [1.54, 1.807) is 18.2 Å². The number of hydrogen-bond donors (Lipinski definition) is 0. The van der Waals surface area contributed by atoms with Crippen LogP contribution in [0.3, 0.4) is 0 Å². The number of fused-ring (bicyclic) bond motifs is 28. The first-order valence-electron chi connectivity index (χ1n) is 59.3. The van der Waals surface area contributed by atoms with Crippen molar-refractivity contribution in [1.29, 1.82) is 0 Å². The van der Waals surface area contributed by atoms with Crippen molar-refractivity contribution in [3.8, 4) is 89.0 Å². The zero-order valence-electron chi connectivity index (χ0n) is 99.9. The molecule has 143 heavy (non-hydrogen) atoms. The molecule has 0 atom stereocenters. The molecule has 662 valence electrons. The van der Waals surface area contributed by atoms with Crippen molar-refractivity contribution >= 4 is 217 Å². The summed E-state index contributed by atoms with van der Waals surface area (Å²) in [5, 5.41) is 23.2. The lowest BCUT2D eigenvalue weighted by Crippen LogP contribution is -1.92. The molecule has 0 aliphatic carbocycles. The zero-order valence-corrected chi connectivity index (χ0v) is 75.9. The first kappa shape index (κ1) is 60.7. The van der Waals surface area contributed by atoms with Crippen LogP contribution in [0.5, 0.6) is 0 Å². The highest BCUT2D eigenvalue weighted by atomic mass is 16.3. The van der Waals surface area contributed by atoms with Gasteiger partial charge in [-0.1, -0.05) is 442 Å². The van der Waals surface area contributed by atoms with Gasteiger partial charge in [-0.25, -0.2) is 0 Å². The predicted molar refractivity (Wildman–Crippen MR) is 610 cm³/mol. The third-order valence-electron chi connectivity index (χ3n) is 28.6. The molecule has 3 heterocycles. The average molecular weight is 1840 g/mol. The predicted octanol–water partition coefficient (Wildman–Crippen LogP) is 40.2. The van der Waals surface area contributed by atoms with Crippen molar-refractivity contribution in [2.75, 3.05) is 0 Å². The lowest BCUT2D eigenvalue weighted by atomic mass is 9.84. The van der Waals surface area contributed by atoms with Crippen LogP contribution >= 0.6 is 0 Å². The number of rotatable bonds is 8. The molecule has 3 heteroatoms. The van der Waals surface area contributed by atoms with E-state index in [0.717, 1.165) is 141 Å². The van der Waals surface area contributed by atoms with E-state index < -0.39 is 72.5 Å². The van der Waals surface area contributed by atoms with E-state index in [9.17, 15) is 16.4 Å². The third kappa shape index (κ3) is 13.2. The van der Waals surface area contributed by atoms with Crippen LogP contribution in [-0.4, -0.2) is 0 Å². The van der Waals surface area contributed by atoms with Gasteiger partial charge in [-0.3, -0.25) is 0 Å². The molecule has 0 bridgehead atoms. The number of hydrogen-bond acceptors (Lipinski definition) is 3. The molecule has 31 aromatic rings. The Kier molecular flexibility index (Phi) is 14.0. The number of furan rings is 3. The second-order valence-electron chi connectivity index (χ2n) is 36.3. The molecule has 3 aromatic heterocycles. The summed E-state index contributed by atoms with van der Waals surface area (Å²) in [4.78, 5) is 0. The topological polar surface area (TPSA) is 39.4 Å². The van der Waals surface area contributed by atoms with E-state index in [0.29, 0.717) is 100 Å². The maximum Gasteiger partial charge on any atom is 0.136 e.